The predicted octanol–water partition coefficient (Wildman–Crippen LogP) is 2.94. The van der Waals surface area contributed by atoms with Crippen molar-refractivity contribution in [3.63, 3.8) is 0 Å². The van der Waals surface area contributed by atoms with E-state index in [1.165, 1.54) is 32.4 Å². The van der Waals surface area contributed by atoms with Crippen LogP contribution in [0.2, 0.25) is 0 Å². The van der Waals surface area contributed by atoms with E-state index in [0.717, 1.165) is 41.1 Å². The SMILES string of the molecule is COc1cc2c(N3CCN(C(=NCc4cc(C)on4)NC#N)CC3)ncnc2cc1OCCCN1CCCCC1. The molecule has 0 radical (unpaired) electrons. The van der Waals surface area contributed by atoms with Gasteiger partial charge >= 0.3 is 0 Å². The molecule has 3 aromatic rings. The molecule has 0 spiro atoms. The van der Waals surface area contributed by atoms with Gasteiger partial charge in [0.25, 0.3) is 0 Å². The molecule has 1 aromatic carbocycles. The first-order chi connectivity index (χ1) is 19.6. The number of fused-ring (bicyclic) bond motifs is 1. The fourth-order valence-corrected chi connectivity index (χ4v) is 5.28. The number of aliphatic imine (C=N–C) groups is 1. The fourth-order valence-electron chi connectivity index (χ4n) is 5.28. The van der Waals surface area contributed by atoms with E-state index >= 15 is 0 Å². The maximum absolute atomic E-state index is 9.26. The van der Waals surface area contributed by atoms with Crippen molar-refractivity contribution in [3.05, 3.63) is 36.0 Å². The number of nitriles is 1. The van der Waals surface area contributed by atoms with Gasteiger partial charge in [-0.15, -0.1) is 0 Å². The van der Waals surface area contributed by atoms with Crippen molar-refractivity contribution >= 4 is 22.7 Å². The summed E-state index contributed by atoms with van der Waals surface area (Å²) in [6.07, 6.45) is 8.51. The van der Waals surface area contributed by atoms with E-state index in [1.54, 1.807) is 13.4 Å². The molecule has 40 heavy (non-hydrogen) atoms. The number of nitrogens with one attached hydrogen (secondary N) is 1. The number of hydrogen-bond donors (Lipinski definition) is 1. The van der Waals surface area contributed by atoms with E-state index in [0.29, 0.717) is 56.8 Å². The first-order valence-electron chi connectivity index (χ1n) is 13.9. The number of piperidine rings is 1. The monoisotopic (exact) mass is 547 g/mol. The van der Waals surface area contributed by atoms with Crippen LogP contribution in [0.25, 0.3) is 10.9 Å². The van der Waals surface area contributed by atoms with E-state index in [4.69, 9.17) is 14.0 Å². The molecule has 0 unspecified atom stereocenters. The van der Waals surface area contributed by atoms with E-state index in [9.17, 15) is 5.26 Å². The number of aryl methyl sites for hydroxylation is 1. The summed E-state index contributed by atoms with van der Waals surface area (Å²) in [6.45, 7) is 9.01. The van der Waals surface area contributed by atoms with E-state index in [1.807, 2.05) is 31.3 Å². The summed E-state index contributed by atoms with van der Waals surface area (Å²) >= 11 is 0. The zero-order chi connectivity index (χ0) is 27.7. The Morgan fingerprint density at radius 2 is 1.90 bits per heavy atom. The van der Waals surface area contributed by atoms with Crippen LogP contribution in [0.3, 0.4) is 0 Å². The molecule has 0 atom stereocenters. The number of benzene rings is 1. The summed E-state index contributed by atoms with van der Waals surface area (Å²) in [6, 6.07) is 5.76. The van der Waals surface area contributed by atoms with Crippen LogP contribution < -0.4 is 19.7 Å². The molecule has 0 saturated carbocycles. The van der Waals surface area contributed by atoms with Gasteiger partial charge in [-0.1, -0.05) is 11.6 Å². The highest BCUT2D eigenvalue weighted by atomic mass is 16.5. The summed E-state index contributed by atoms with van der Waals surface area (Å²) in [5.74, 6) is 3.49. The zero-order valence-corrected chi connectivity index (χ0v) is 23.3. The molecule has 2 aromatic heterocycles. The molecule has 2 aliphatic rings. The molecule has 0 amide bonds. The fraction of sp³-hybridized carbons (Fsp3) is 0.536. The van der Waals surface area contributed by atoms with Gasteiger partial charge in [0, 0.05) is 50.2 Å². The Hall–Kier alpha value is -4.11. The third kappa shape index (κ3) is 6.71. The number of guanidine groups is 1. The second-order valence-corrected chi connectivity index (χ2v) is 10.1. The third-order valence-electron chi connectivity index (χ3n) is 7.34. The third-order valence-corrected chi connectivity index (χ3v) is 7.34. The van der Waals surface area contributed by atoms with Crippen LogP contribution in [0.15, 0.2) is 34.0 Å². The van der Waals surface area contributed by atoms with Gasteiger partial charge in [-0.2, -0.15) is 5.26 Å². The highest BCUT2D eigenvalue weighted by Gasteiger charge is 2.23. The molecule has 12 nitrogen and oxygen atoms in total. The lowest BCUT2D eigenvalue weighted by Crippen LogP contribution is -2.52. The molecule has 2 aliphatic heterocycles. The summed E-state index contributed by atoms with van der Waals surface area (Å²) < 4.78 is 17.0. The Morgan fingerprint density at radius 3 is 2.62 bits per heavy atom. The van der Waals surface area contributed by atoms with Gasteiger partial charge in [0.05, 0.1) is 25.8 Å². The smallest absolute Gasteiger partial charge is 0.207 e. The number of nitrogens with zero attached hydrogens (tertiary/aromatic N) is 8. The van der Waals surface area contributed by atoms with Crippen molar-refractivity contribution in [2.45, 2.75) is 39.2 Å². The average Bonchev–Trinajstić information content (AvgIpc) is 3.42. The molecule has 2 fully saturated rings. The Bertz CT molecular complexity index is 1340. The lowest BCUT2D eigenvalue weighted by molar-refractivity contribution is 0.203. The maximum atomic E-state index is 9.26. The number of likely N-dealkylation sites (tertiary alicyclic amines) is 1. The van der Waals surface area contributed by atoms with E-state index < -0.39 is 0 Å². The van der Waals surface area contributed by atoms with Gasteiger partial charge in [0.1, 0.15) is 23.6 Å². The molecule has 1 N–H and O–H groups in total. The molecule has 4 heterocycles. The number of hydrogen-bond acceptors (Lipinski definition) is 10. The molecule has 5 rings (SSSR count). The number of anilines is 1. The first kappa shape index (κ1) is 27.5. The maximum Gasteiger partial charge on any atom is 0.207 e. The summed E-state index contributed by atoms with van der Waals surface area (Å²) in [4.78, 5) is 20.5. The highest BCUT2D eigenvalue weighted by molar-refractivity contribution is 5.92. The minimum Gasteiger partial charge on any atom is -0.493 e. The largest absolute Gasteiger partial charge is 0.493 e. The van der Waals surface area contributed by atoms with Crippen LogP contribution >= 0.6 is 0 Å². The lowest BCUT2D eigenvalue weighted by Gasteiger charge is -2.36. The van der Waals surface area contributed by atoms with Crippen molar-refractivity contribution in [1.82, 2.24) is 30.2 Å². The molecule has 12 heteroatoms. The molecular formula is C28H37N9O3. The van der Waals surface area contributed by atoms with Crippen LogP contribution in [0.5, 0.6) is 11.5 Å². The van der Waals surface area contributed by atoms with Gasteiger partial charge in [-0.3, -0.25) is 5.32 Å². The summed E-state index contributed by atoms with van der Waals surface area (Å²) in [5.41, 5.74) is 1.54. The molecule has 212 valence electrons. The quantitative estimate of drug-likeness (QED) is 0.140. The topological polar surface area (TPSA) is 128 Å². The van der Waals surface area contributed by atoms with E-state index in [-0.39, 0.29) is 0 Å². The molecule has 0 aliphatic carbocycles. The van der Waals surface area contributed by atoms with Crippen molar-refractivity contribution in [2.24, 2.45) is 4.99 Å². The van der Waals surface area contributed by atoms with Crippen LogP contribution in [-0.2, 0) is 6.54 Å². The van der Waals surface area contributed by atoms with Gasteiger partial charge in [0.15, 0.2) is 17.7 Å². The van der Waals surface area contributed by atoms with Crippen LogP contribution in [0.4, 0.5) is 5.82 Å². The molecular weight excluding hydrogens is 510 g/mol. The van der Waals surface area contributed by atoms with Crippen LogP contribution in [-0.4, -0.2) is 90.4 Å². The van der Waals surface area contributed by atoms with E-state index in [2.05, 4.69) is 40.1 Å². The Morgan fingerprint density at radius 1 is 1.07 bits per heavy atom. The van der Waals surface area contributed by atoms with Crippen molar-refractivity contribution < 1.29 is 14.0 Å². The zero-order valence-electron chi connectivity index (χ0n) is 23.3. The summed E-state index contributed by atoms with van der Waals surface area (Å²) in [5, 5.41) is 16.9. The summed E-state index contributed by atoms with van der Waals surface area (Å²) in [7, 11) is 1.66. The van der Waals surface area contributed by atoms with Crippen molar-refractivity contribution in [3.8, 4) is 17.7 Å². The average molecular weight is 548 g/mol. The first-order valence-corrected chi connectivity index (χ1v) is 13.9. The number of aromatic nitrogens is 3. The van der Waals surface area contributed by atoms with Crippen molar-refractivity contribution in [2.75, 3.05) is 64.4 Å². The number of ether oxygens (including phenoxy) is 2. The van der Waals surface area contributed by atoms with Gasteiger partial charge in [-0.25, -0.2) is 15.0 Å². The normalized spacial score (nSPS) is 16.7. The van der Waals surface area contributed by atoms with Gasteiger partial charge in [0.2, 0.25) is 5.96 Å². The Balaban J connectivity index is 1.23. The van der Waals surface area contributed by atoms with Gasteiger partial charge < -0.3 is 28.7 Å². The highest BCUT2D eigenvalue weighted by Crippen LogP contribution is 2.35. The standard InChI is InChI=1S/C28H37N9O3/c1-21-15-22(34-40-21)18-30-28(31-19-29)37-12-10-36(11-13-37)27-23-16-25(38-2)26(17-24(23)32-20-33-27)39-14-6-9-35-7-4-3-5-8-35/h15-17,20H,3-14,18H2,1-2H3,(H,30,31). The van der Waals surface area contributed by atoms with Gasteiger partial charge in [-0.05, 0) is 45.3 Å². The number of rotatable bonds is 9. The lowest BCUT2D eigenvalue weighted by atomic mass is 10.1. The molecule has 2 saturated heterocycles. The van der Waals surface area contributed by atoms with Crippen LogP contribution in [0.1, 0.15) is 37.1 Å². The number of methoxy groups -OCH3 is 1. The number of piperazine rings is 1. The minimum atomic E-state index is 0.334. The second-order valence-electron chi connectivity index (χ2n) is 10.1. The minimum absolute atomic E-state index is 0.334. The Labute approximate surface area is 234 Å². The Kier molecular flexibility index (Phi) is 9.13. The predicted molar refractivity (Wildman–Crippen MR) is 151 cm³/mol. The van der Waals surface area contributed by atoms with Crippen molar-refractivity contribution in [1.29, 1.82) is 5.26 Å². The molecule has 0 bridgehead atoms. The second kappa shape index (κ2) is 13.3. The van der Waals surface area contributed by atoms with Crippen LogP contribution in [0, 0.1) is 18.4 Å².